The average Bonchev–Trinajstić information content (AvgIpc) is 3.20. The summed E-state index contributed by atoms with van der Waals surface area (Å²) in [5.74, 6) is -1.04. The highest BCUT2D eigenvalue weighted by molar-refractivity contribution is 7.80. The van der Waals surface area contributed by atoms with E-state index >= 15 is 0 Å². The predicted octanol–water partition coefficient (Wildman–Crippen LogP) is 1.17. The van der Waals surface area contributed by atoms with Crippen LogP contribution in [0, 0.1) is 0 Å². The Labute approximate surface area is 160 Å². The van der Waals surface area contributed by atoms with Gasteiger partial charge in [-0.15, -0.1) is 0 Å². The number of rotatable bonds is 6. The summed E-state index contributed by atoms with van der Waals surface area (Å²) in [6.45, 7) is 1.70. The van der Waals surface area contributed by atoms with Crippen LogP contribution in [-0.2, 0) is 9.53 Å². The molecule has 0 saturated heterocycles. The molecule has 0 bridgehead atoms. The molecule has 9 nitrogen and oxygen atoms in total. The molecule has 0 aliphatic rings. The summed E-state index contributed by atoms with van der Waals surface area (Å²) >= 11 is 4.88. The summed E-state index contributed by atoms with van der Waals surface area (Å²) in [6, 6.07) is 9.18. The quantitative estimate of drug-likeness (QED) is 0.381. The maximum absolute atomic E-state index is 11.7. The van der Waals surface area contributed by atoms with Crippen LogP contribution in [0.2, 0.25) is 0 Å². The number of hydrogen-bond donors (Lipinski definition) is 3. The zero-order valence-corrected chi connectivity index (χ0v) is 15.1. The number of hydrazine groups is 1. The molecule has 0 aliphatic carbocycles. The first-order chi connectivity index (χ1) is 13.0. The number of thiocarbonyl (C=S) groups is 1. The Morgan fingerprint density at radius 3 is 2.48 bits per heavy atom. The van der Waals surface area contributed by atoms with Crippen molar-refractivity contribution < 1.29 is 28.3 Å². The molecule has 1 aromatic heterocycles. The second kappa shape index (κ2) is 9.92. The van der Waals surface area contributed by atoms with Gasteiger partial charge >= 0.3 is 5.97 Å². The molecule has 0 unspecified atom stereocenters. The van der Waals surface area contributed by atoms with Crippen molar-refractivity contribution in [2.45, 2.75) is 6.92 Å². The van der Waals surface area contributed by atoms with E-state index in [-0.39, 0.29) is 24.1 Å². The van der Waals surface area contributed by atoms with Gasteiger partial charge in [-0.3, -0.25) is 25.8 Å². The fourth-order valence-electron chi connectivity index (χ4n) is 1.82. The molecular formula is C17H17N3O6S. The van der Waals surface area contributed by atoms with Crippen molar-refractivity contribution in [3.05, 3.63) is 54.0 Å². The Morgan fingerprint density at radius 1 is 1.11 bits per heavy atom. The first kappa shape index (κ1) is 19.9. The van der Waals surface area contributed by atoms with Gasteiger partial charge in [-0.05, 0) is 55.5 Å². The third-order valence-corrected chi connectivity index (χ3v) is 3.23. The Morgan fingerprint density at radius 2 is 1.85 bits per heavy atom. The van der Waals surface area contributed by atoms with Gasteiger partial charge in [0, 0.05) is 0 Å². The summed E-state index contributed by atoms with van der Waals surface area (Å²) in [5, 5.41) is 2.22. The van der Waals surface area contributed by atoms with Crippen molar-refractivity contribution in [1.29, 1.82) is 0 Å². The maximum Gasteiger partial charge on any atom is 0.338 e. The van der Waals surface area contributed by atoms with Crippen LogP contribution in [0.25, 0.3) is 0 Å². The molecule has 2 aromatic rings. The number of carbonyl (C=O) groups is 3. The Kier molecular flexibility index (Phi) is 7.32. The monoisotopic (exact) mass is 391 g/mol. The molecule has 142 valence electrons. The van der Waals surface area contributed by atoms with E-state index < -0.39 is 17.8 Å². The van der Waals surface area contributed by atoms with Crippen molar-refractivity contribution >= 4 is 35.1 Å². The summed E-state index contributed by atoms with van der Waals surface area (Å²) in [5.41, 5.74) is 5.02. The Hall–Kier alpha value is -3.40. The van der Waals surface area contributed by atoms with Crippen LogP contribution in [0.4, 0.5) is 0 Å². The highest BCUT2D eigenvalue weighted by Crippen LogP contribution is 2.12. The maximum atomic E-state index is 11.7. The number of nitrogens with one attached hydrogen (secondary N) is 3. The molecule has 2 amide bonds. The molecule has 0 atom stereocenters. The van der Waals surface area contributed by atoms with Crippen LogP contribution in [0.1, 0.15) is 27.8 Å². The first-order valence-corrected chi connectivity index (χ1v) is 8.24. The van der Waals surface area contributed by atoms with Crippen molar-refractivity contribution in [1.82, 2.24) is 16.2 Å². The van der Waals surface area contributed by atoms with Crippen LogP contribution < -0.4 is 20.9 Å². The molecule has 1 heterocycles. The van der Waals surface area contributed by atoms with Gasteiger partial charge in [-0.1, -0.05) is 0 Å². The van der Waals surface area contributed by atoms with Crippen molar-refractivity contribution in [3.8, 4) is 5.75 Å². The number of amides is 2. The molecule has 27 heavy (non-hydrogen) atoms. The summed E-state index contributed by atoms with van der Waals surface area (Å²) in [7, 11) is 0. The molecule has 0 spiro atoms. The Bertz CT molecular complexity index is 805. The van der Waals surface area contributed by atoms with Gasteiger partial charge in [0.2, 0.25) is 0 Å². The molecule has 0 saturated carbocycles. The molecule has 0 aliphatic heterocycles. The van der Waals surface area contributed by atoms with Gasteiger partial charge in [0.1, 0.15) is 5.75 Å². The standard InChI is InChI=1S/C17H17N3O6S/c1-2-24-16(23)11-5-7-12(8-6-11)26-10-14(21)19-20-17(27)18-15(22)13-4-3-9-25-13/h3-9H,2,10H2,1H3,(H,19,21)(H2,18,20,22,27). The number of esters is 1. The second-order valence-electron chi connectivity index (χ2n) is 4.97. The fraction of sp³-hybridized carbons (Fsp3) is 0.176. The van der Waals surface area contributed by atoms with Gasteiger partial charge in [0.25, 0.3) is 11.8 Å². The molecule has 0 radical (unpaired) electrons. The zero-order chi connectivity index (χ0) is 19.6. The molecule has 10 heteroatoms. The number of carbonyl (C=O) groups excluding carboxylic acids is 3. The number of furan rings is 1. The third kappa shape index (κ3) is 6.44. The van der Waals surface area contributed by atoms with Crippen LogP contribution >= 0.6 is 12.2 Å². The molecule has 3 N–H and O–H groups in total. The lowest BCUT2D eigenvalue weighted by Gasteiger charge is -2.11. The van der Waals surface area contributed by atoms with E-state index in [0.717, 1.165) is 0 Å². The van der Waals surface area contributed by atoms with Gasteiger partial charge in [0.15, 0.2) is 17.5 Å². The van der Waals surface area contributed by atoms with Crippen molar-refractivity contribution in [3.63, 3.8) is 0 Å². The minimum absolute atomic E-state index is 0.0834. The fourth-order valence-corrected chi connectivity index (χ4v) is 1.96. The van der Waals surface area contributed by atoms with E-state index in [1.165, 1.54) is 24.5 Å². The summed E-state index contributed by atoms with van der Waals surface area (Å²) in [4.78, 5) is 35.0. The number of ether oxygens (including phenoxy) is 2. The highest BCUT2D eigenvalue weighted by Gasteiger charge is 2.11. The van der Waals surface area contributed by atoms with Gasteiger partial charge < -0.3 is 13.9 Å². The summed E-state index contributed by atoms with van der Waals surface area (Å²) in [6.07, 6.45) is 1.35. The molecule has 1 aromatic carbocycles. The normalized spacial score (nSPS) is 9.81. The minimum atomic E-state index is -0.551. The molecule has 0 fully saturated rings. The topological polar surface area (TPSA) is 119 Å². The van der Waals surface area contributed by atoms with Crippen molar-refractivity contribution in [2.24, 2.45) is 0 Å². The lowest BCUT2D eigenvalue weighted by Crippen LogP contribution is -2.49. The van der Waals surface area contributed by atoms with Crippen LogP contribution in [0.3, 0.4) is 0 Å². The highest BCUT2D eigenvalue weighted by atomic mass is 32.1. The van der Waals surface area contributed by atoms with E-state index in [4.69, 9.17) is 26.1 Å². The molecular weight excluding hydrogens is 374 g/mol. The minimum Gasteiger partial charge on any atom is -0.484 e. The first-order valence-electron chi connectivity index (χ1n) is 7.83. The number of hydrogen-bond acceptors (Lipinski definition) is 7. The Balaban J connectivity index is 1.70. The lowest BCUT2D eigenvalue weighted by molar-refractivity contribution is -0.123. The summed E-state index contributed by atoms with van der Waals surface area (Å²) < 4.78 is 15.1. The van der Waals surface area contributed by atoms with Crippen LogP contribution in [0.15, 0.2) is 47.1 Å². The van der Waals surface area contributed by atoms with E-state index in [1.54, 1.807) is 25.1 Å². The lowest BCUT2D eigenvalue weighted by atomic mass is 10.2. The van der Waals surface area contributed by atoms with Crippen LogP contribution in [0.5, 0.6) is 5.75 Å². The van der Waals surface area contributed by atoms with Gasteiger partial charge in [0.05, 0.1) is 18.4 Å². The predicted molar refractivity (Wildman–Crippen MR) is 97.9 cm³/mol. The van der Waals surface area contributed by atoms with E-state index in [2.05, 4.69) is 16.2 Å². The van der Waals surface area contributed by atoms with Crippen molar-refractivity contribution in [2.75, 3.05) is 13.2 Å². The SMILES string of the molecule is CCOC(=O)c1ccc(OCC(=O)NNC(=S)NC(=O)c2ccco2)cc1. The third-order valence-electron chi connectivity index (χ3n) is 3.02. The van der Waals surface area contributed by atoms with Crippen LogP contribution in [-0.4, -0.2) is 36.1 Å². The largest absolute Gasteiger partial charge is 0.484 e. The average molecular weight is 391 g/mol. The van der Waals surface area contributed by atoms with Gasteiger partial charge in [-0.25, -0.2) is 4.79 Å². The zero-order valence-electron chi connectivity index (χ0n) is 14.3. The smallest absolute Gasteiger partial charge is 0.338 e. The second-order valence-corrected chi connectivity index (χ2v) is 5.38. The van der Waals surface area contributed by atoms with Gasteiger partial charge in [-0.2, -0.15) is 0 Å². The van der Waals surface area contributed by atoms with E-state index in [1.807, 2.05) is 0 Å². The van der Waals surface area contributed by atoms with E-state index in [9.17, 15) is 14.4 Å². The molecule has 2 rings (SSSR count). The van der Waals surface area contributed by atoms with E-state index in [0.29, 0.717) is 11.3 Å². The number of benzene rings is 1.